The fourth-order valence-electron chi connectivity index (χ4n) is 15.1. The van der Waals surface area contributed by atoms with Crippen molar-refractivity contribution in [2.75, 3.05) is 6.61 Å². The van der Waals surface area contributed by atoms with E-state index in [1.54, 1.807) is 0 Å². The number of hydrogen-bond donors (Lipinski definition) is 10. The second-order valence-corrected chi connectivity index (χ2v) is 23.5. The van der Waals surface area contributed by atoms with E-state index in [4.69, 9.17) is 28.4 Å². The Bertz CT molecular complexity index is 1860. The highest BCUT2D eigenvalue weighted by Gasteiger charge is 2.70. The van der Waals surface area contributed by atoms with Gasteiger partial charge in [-0.05, 0) is 116 Å². The van der Waals surface area contributed by atoms with Crippen LogP contribution in [0.1, 0.15) is 120 Å². The Morgan fingerprint density at radius 3 is 1.92 bits per heavy atom. The van der Waals surface area contributed by atoms with E-state index in [9.17, 15) is 60.7 Å². The highest BCUT2D eigenvalue weighted by Crippen LogP contribution is 2.76. The molecule has 0 radical (unpaired) electrons. The number of carboxylic acid groups (broad SMARTS) is 2. The maximum Gasteiger partial charge on any atom is 0.335 e. The molecule has 23 atom stereocenters. The molecular weight excluding hydrogens is 865 g/mol. The van der Waals surface area contributed by atoms with Gasteiger partial charge in [0.2, 0.25) is 0 Å². The number of carboxylic acids is 2. The van der Waals surface area contributed by atoms with Gasteiger partial charge in [-0.25, -0.2) is 4.79 Å². The van der Waals surface area contributed by atoms with Crippen LogP contribution in [0.4, 0.5) is 0 Å². The summed E-state index contributed by atoms with van der Waals surface area (Å²) < 4.78 is 36.7. The molecule has 3 aliphatic heterocycles. The first kappa shape index (κ1) is 50.5. The van der Waals surface area contributed by atoms with Crippen LogP contribution in [-0.2, 0) is 38.0 Å². The maximum absolute atomic E-state index is 13.2. The highest BCUT2D eigenvalue weighted by molar-refractivity contribution is 5.76. The van der Waals surface area contributed by atoms with Crippen LogP contribution < -0.4 is 0 Å². The van der Waals surface area contributed by atoms with E-state index in [1.165, 1.54) is 12.5 Å². The van der Waals surface area contributed by atoms with Gasteiger partial charge in [0.1, 0.15) is 61.0 Å². The molecule has 4 saturated carbocycles. The summed E-state index contributed by atoms with van der Waals surface area (Å²) in [7, 11) is 0. The Morgan fingerprint density at radius 1 is 0.667 bits per heavy atom. The van der Waals surface area contributed by atoms with E-state index < -0.39 is 128 Å². The number of aliphatic carboxylic acids is 2. The molecule has 8 rings (SSSR count). The molecule has 3 heterocycles. The molecule has 0 amide bonds. The molecule has 0 aromatic rings. The van der Waals surface area contributed by atoms with E-state index in [0.717, 1.165) is 44.9 Å². The number of allylic oxidation sites excluding steroid dienone is 2. The van der Waals surface area contributed by atoms with Crippen LogP contribution in [0.15, 0.2) is 11.6 Å². The van der Waals surface area contributed by atoms with Crippen LogP contribution >= 0.6 is 0 Å². The van der Waals surface area contributed by atoms with Crippen molar-refractivity contribution < 1.29 is 89.1 Å². The van der Waals surface area contributed by atoms with Crippen molar-refractivity contribution in [2.24, 2.45) is 50.2 Å². The molecule has 5 aliphatic carbocycles. The van der Waals surface area contributed by atoms with Gasteiger partial charge in [0.15, 0.2) is 25.0 Å². The summed E-state index contributed by atoms with van der Waals surface area (Å²) >= 11 is 0. The van der Waals surface area contributed by atoms with Gasteiger partial charge >= 0.3 is 11.9 Å². The lowest BCUT2D eigenvalue weighted by molar-refractivity contribution is -0.395. The Hall–Kier alpha value is -1.88. The summed E-state index contributed by atoms with van der Waals surface area (Å²) in [5, 5.41) is 107. The molecule has 376 valence electrons. The quantitative estimate of drug-likeness (QED) is 0.117. The van der Waals surface area contributed by atoms with E-state index in [1.807, 2.05) is 0 Å². The van der Waals surface area contributed by atoms with Crippen LogP contribution in [0, 0.1) is 50.2 Å². The Labute approximate surface area is 386 Å². The van der Waals surface area contributed by atoms with Gasteiger partial charge in [0.05, 0.1) is 24.2 Å². The van der Waals surface area contributed by atoms with Crippen LogP contribution in [0.5, 0.6) is 0 Å². The van der Waals surface area contributed by atoms with Gasteiger partial charge in [-0.15, -0.1) is 0 Å². The number of fused-ring (bicyclic) bond motifs is 7. The summed E-state index contributed by atoms with van der Waals surface area (Å²) in [4.78, 5) is 26.0. The average Bonchev–Trinajstić information content (AvgIpc) is 3.24. The Kier molecular flexibility index (Phi) is 13.4. The number of rotatable bonds is 9. The van der Waals surface area contributed by atoms with Crippen LogP contribution in [0.25, 0.3) is 0 Å². The minimum Gasteiger partial charge on any atom is -0.481 e. The topological polar surface area (TPSA) is 292 Å². The molecule has 18 nitrogen and oxygen atoms in total. The zero-order chi connectivity index (χ0) is 48.4. The van der Waals surface area contributed by atoms with E-state index in [0.29, 0.717) is 19.3 Å². The van der Waals surface area contributed by atoms with Gasteiger partial charge in [0.25, 0.3) is 0 Å². The maximum atomic E-state index is 13.2. The molecule has 8 aliphatic rings. The highest BCUT2D eigenvalue weighted by atomic mass is 16.8. The fraction of sp³-hybridized carbons (Fsp3) is 0.917. The van der Waals surface area contributed by atoms with Crippen molar-refractivity contribution in [1.82, 2.24) is 0 Å². The summed E-state index contributed by atoms with van der Waals surface area (Å²) in [6.45, 7) is 16.6. The minimum absolute atomic E-state index is 0.0241. The largest absolute Gasteiger partial charge is 0.481 e. The third-order valence-electron chi connectivity index (χ3n) is 19.3. The predicted octanol–water partition coefficient (Wildman–Crippen LogP) is 1.83. The summed E-state index contributed by atoms with van der Waals surface area (Å²) in [5.74, 6) is -1.96. The summed E-state index contributed by atoms with van der Waals surface area (Å²) in [6, 6.07) is 0. The zero-order valence-electron chi connectivity index (χ0n) is 39.6. The van der Waals surface area contributed by atoms with Gasteiger partial charge in [-0.2, -0.15) is 0 Å². The molecule has 0 aromatic heterocycles. The molecule has 66 heavy (non-hydrogen) atoms. The molecule has 0 spiro atoms. The number of aliphatic hydroxyl groups is 8. The van der Waals surface area contributed by atoms with Crippen LogP contribution in [0.3, 0.4) is 0 Å². The second-order valence-electron chi connectivity index (χ2n) is 23.5. The zero-order valence-corrected chi connectivity index (χ0v) is 39.6. The molecule has 3 saturated heterocycles. The standard InChI is InChI=1S/C48H76O18/c1-21-28(50)30(52)32(54)39(61-21)64-35-34(56)36(38(57)58)65-41(37(35)66-40-33(55)31(53)29(51)24(20-49)62-40)63-27-12-13-45(6)25(44(27,4)5)11-14-47(8)26(45)10-9-22-23-19-43(2,3)15-17-48(23,42(59)60)18-16-46(22,47)7/h9,21,23-37,39-41,49-56H,10-20H2,1-8H3,(H,57,58)(H,59,60)/t21-,23?,24+,25?,26?,27-,28-,29+,30+,31-,32+,33+,34-,35-,36-,37+,39-,40-,41+,45-,46+,47+,48-/m0/s1. The molecule has 3 unspecified atom stereocenters. The number of hydrogen-bond acceptors (Lipinski definition) is 16. The Balaban J connectivity index is 1.11. The molecule has 0 bridgehead atoms. The van der Waals surface area contributed by atoms with Crippen molar-refractivity contribution in [3.05, 3.63) is 11.6 Å². The third-order valence-corrected chi connectivity index (χ3v) is 19.3. The van der Waals surface area contributed by atoms with Crippen molar-refractivity contribution in [3.63, 3.8) is 0 Å². The van der Waals surface area contributed by atoms with Gasteiger partial charge in [0, 0.05) is 0 Å². The smallest absolute Gasteiger partial charge is 0.335 e. The fourth-order valence-corrected chi connectivity index (χ4v) is 15.1. The second kappa shape index (κ2) is 17.5. The SMILES string of the molecule is C[C@@H]1O[C@@H](O[C@H]2[C@H](O)[C@@H](C(=O)O)O[C@@H](O[C@H]3CC[C@@]4(C)C(CC[C@]5(C)C4CC=C4C6CC(C)(C)CC[C@]6(C(=O)O)CC[C@]45C)C3(C)C)[C@@H]2O[C@@H]2O[C@H](CO)[C@@H](O)[C@H](O)[C@H]2O)[C@H](O)[C@H](O)[C@H]1O. The Morgan fingerprint density at radius 2 is 1.29 bits per heavy atom. The predicted molar refractivity (Wildman–Crippen MR) is 230 cm³/mol. The molecule has 18 heteroatoms. The van der Waals surface area contributed by atoms with Crippen molar-refractivity contribution >= 4 is 11.9 Å². The van der Waals surface area contributed by atoms with Gasteiger partial charge in [-0.1, -0.05) is 60.1 Å². The van der Waals surface area contributed by atoms with Crippen molar-refractivity contribution in [1.29, 1.82) is 0 Å². The first-order valence-electron chi connectivity index (χ1n) is 24.2. The first-order chi connectivity index (χ1) is 30.7. The first-order valence-corrected chi connectivity index (χ1v) is 24.2. The van der Waals surface area contributed by atoms with E-state index in [2.05, 4.69) is 54.5 Å². The molecule has 10 N–H and O–H groups in total. The van der Waals surface area contributed by atoms with Gasteiger partial charge < -0.3 is 79.5 Å². The molecule has 0 aromatic carbocycles. The van der Waals surface area contributed by atoms with Gasteiger partial charge in [-0.3, -0.25) is 4.79 Å². The molecule has 7 fully saturated rings. The lowest BCUT2D eigenvalue weighted by Crippen LogP contribution is -2.68. The lowest BCUT2D eigenvalue weighted by atomic mass is 9.33. The number of ether oxygens (including phenoxy) is 6. The normalized spacial score (nSPS) is 53.3. The summed E-state index contributed by atoms with van der Waals surface area (Å²) in [5.41, 5.74) is -0.505. The van der Waals surface area contributed by atoms with Crippen LogP contribution in [-0.4, -0.2) is 168 Å². The number of aliphatic hydroxyl groups excluding tert-OH is 8. The van der Waals surface area contributed by atoms with Crippen molar-refractivity contribution in [2.45, 2.75) is 218 Å². The monoisotopic (exact) mass is 941 g/mol. The lowest BCUT2D eigenvalue weighted by Gasteiger charge is -2.71. The third kappa shape index (κ3) is 7.74. The minimum atomic E-state index is -2.06. The van der Waals surface area contributed by atoms with Crippen LogP contribution in [0.2, 0.25) is 0 Å². The average molecular weight is 941 g/mol. The molecular formula is C48H76O18. The van der Waals surface area contributed by atoms with E-state index in [-0.39, 0.29) is 39.4 Å². The number of carbonyl (C=O) groups is 2. The van der Waals surface area contributed by atoms with Crippen molar-refractivity contribution in [3.8, 4) is 0 Å². The van der Waals surface area contributed by atoms with E-state index >= 15 is 0 Å². The summed E-state index contributed by atoms with van der Waals surface area (Å²) in [6.07, 6.45) is -16.6.